The molecule has 0 spiro atoms. The van der Waals surface area contributed by atoms with Gasteiger partial charge in [0, 0.05) is 28.6 Å². The van der Waals surface area contributed by atoms with E-state index in [1.165, 1.54) is 0 Å². The van der Waals surface area contributed by atoms with Crippen molar-refractivity contribution in [2.75, 3.05) is 19.0 Å². The number of hydrogen-bond donors (Lipinski definition) is 0. The Morgan fingerprint density at radius 1 is 1.08 bits per heavy atom. The number of nitrogens with zero attached hydrogens (tertiary/aromatic N) is 3. The van der Waals surface area contributed by atoms with Gasteiger partial charge in [0.1, 0.15) is 0 Å². The molecule has 6 heteroatoms. The van der Waals surface area contributed by atoms with Gasteiger partial charge in [0.2, 0.25) is 0 Å². The lowest BCUT2D eigenvalue weighted by atomic mass is 10.2. The first kappa shape index (κ1) is 16.6. The number of halogens is 1. The third-order valence-corrected chi connectivity index (χ3v) is 5.63. The zero-order valence-corrected chi connectivity index (χ0v) is 15.2. The second-order valence-corrected chi connectivity index (χ2v) is 7.45. The third-order valence-electron chi connectivity index (χ3n) is 4.22. The summed E-state index contributed by atoms with van der Waals surface area (Å²) in [5.74, 6) is 2.41. The Bertz CT molecular complexity index is 830. The molecule has 0 radical (unpaired) electrons. The average Bonchev–Trinajstić information content (AvgIpc) is 3.31. The highest BCUT2D eigenvalue weighted by Crippen LogP contribution is 2.30. The minimum Gasteiger partial charge on any atom is -0.381 e. The molecule has 1 aliphatic heterocycles. The van der Waals surface area contributed by atoms with Crippen molar-refractivity contribution in [2.24, 2.45) is 5.92 Å². The van der Waals surface area contributed by atoms with E-state index in [2.05, 4.69) is 26.9 Å². The van der Waals surface area contributed by atoms with Crippen LogP contribution in [0.2, 0.25) is 5.02 Å². The SMILES string of the molecule is Clc1ccc(-n2c(SCC3CCOC3)nnc2-c2ccccc2)cc1. The molecule has 4 nitrogen and oxygen atoms in total. The summed E-state index contributed by atoms with van der Waals surface area (Å²) in [5.41, 5.74) is 2.06. The second-order valence-electron chi connectivity index (χ2n) is 6.02. The van der Waals surface area contributed by atoms with E-state index in [9.17, 15) is 0 Å². The lowest BCUT2D eigenvalue weighted by Gasteiger charge is -2.11. The molecular weight excluding hydrogens is 354 g/mol. The topological polar surface area (TPSA) is 39.9 Å². The van der Waals surface area contributed by atoms with Gasteiger partial charge < -0.3 is 4.74 Å². The van der Waals surface area contributed by atoms with Crippen molar-refractivity contribution in [1.82, 2.24) is 14.8 Å². The van der Waals surface area contributed by atoms with Gasteiger partial charge in [0.05, 0.1) is 6.61 Å². The summed E-state index contributed by atoms with van der Waals surface area (Å²) in [4.78, 5) is 0. The van der Waals surface area contributed by atoms with Gasteiger partial charge in [0.15, 0.2) is 11.0 Å². The lowest BCUT2D eigenvalue weighted by molar-refractivity contribution is 0.189. The Hall–Kier alpha value is -1.82. The Morgan fingerprint density at radius 2 is 1.88 bits per heavy atom. The molecule has 3 aromatic rings. The summed E-state index contributed by atoms with van der Waals surface area (Å²) in [6, 6.07) is 17.9. The molecule has 25 heavy (non-hydrogen) atoms. The molecule has 1 fully saturated rings. The van der Waals surface area contributed by atoms with Crippen LogP contribution in [-0.4, -0.2) is 33.7 Å². The number of benzene rings is 2. The monoisotopic (exact) mass is 371 g/mol. The van der Waals surface area contributed by atoms with E-state index in [1.54, 1.807) is 11.8 Å². The molecule has 2 aromatic carbocycles. The second kappa shape index (κ2) is 7.60. The van der Waals surface area contributed by atoms with Gasteiger partial charge in [-0.15, -0.1) is 10.2 Å². The van der Waals surface area contributed by atoms with Crippen LogP contribution in [0.25, 0.3) is 17.1 Å². The minimum absolute atomic E-state index is 0.584. The highest BCUT2D eigenvalue weighted by molar-refractivity contribution is 7.99. The zero-order chi connectivity index (χ0) is 17.1. The molecule has 0 saturated carbocycles. The van der Waals surface area contributed by atoms with Crippen molar-refractivity contribution in [3.8, 4) is 17.1 Å². The molecule has 1 aliphatic rings. The Balaban J connectivity index is 1.70. The van der Waals surface area contributed by atoms with Crippen molar-refractivity contribution >= 4 is 23.4 Å². The number of rotatable bonds is 5. The number of ether oxygens (including phenoxy) is 1. The van der Waals surface area contributed by atoms with Crippen molar-refractivity contribution in [1.29, 1.82) is 0 Å². The van der Waals surface area contributed by atoms with Crippen LogP contribution in [0.1, 0.15) is 6.42 Å². The van der Waals surface area contributed by atoms with Crippen molar-refractivity contribution < 1.29 is 4.74 Å². The maximum absolute atomic E-state index is 6.06. The van der Waals surface area contributed by atoms with Crippen LogP contribution in [0.4, 0.5) is 0 Å². The molecule has 1 atom stereocenters. The van der Waals surface area contributed by atoms with E-state index >= 15 is 0 Å². The lowest BCUT2D eigenvalue weighted by Crippen LogP contribution is -2.05. The molecule has 0 aliphatic carbocycles. The van der Waals surface area contributed by atoms with E-state index in [0.29, 0.717) is 5.92 Å². The highest BCUT2D eigenvalue weighted by atomic mass is 35.5. The summed E-state index contributed by atoms with van der Waals surface area (Å²) in [6.07, 6.45) is 1.12. The van der Waals surface area contributed by atoms with E-state index in [4.69, 9.17) is 16.3 Å². The van der Waals surface area contributed by atoms with Crippen molar-refractivity contribution in [3.63, 3.8) is 0 Å². The summed E-state index contributed by atoms with van der Waals surface area (Å²) >= 11 is 7.79. The first-order chi connectivity index (χ1) is 12.3. The summed E-state index contributed by atoms with van der Waals surface area (Å²) in [7, 11) is 0. The third kappa shape index (κ3) is 3.73. The Morgan fingerprint density at radius 3 is 2.60 bits per heavy atom. The number of aromatic nitrogens is 3. The molecule has 1 aromatic heterocycles. The molecule has 0 bridgehead atoms. The van der Waals surface area contributed by atoms with Crippen LogP contribution < -0.4 is 0 Å². The van der Waals surface area contributed by atoms with Gasteiger partial charge in [-0.3, -0.25) is 4.57 Å². The van der Waals surface area contributed by atoms with Crippen LogP contribution in [-0.2, 0) is 4.74 Å². The predicted octanol–water partition coefficient (Wildman–Crippen LogP) is 4.72. The van der Waals surface area contributed by atoms with Gasteiger partial charge in [-0.1, -0.05) is 53.7 Å². The minimum atomic E-state index is 0.584. The summed E-state index contributed by atoms with van der Waals surface area (Å²) in [5, 5.41) is 10.5. The fourth-order valence-electron chi connectivity index (χ4n) is 2.87. The predicted molar refractivity (Wildman–Crippen MR) is 101 cm³/mol. The maximum atomic E-state index is 6.06. The first-order valence-corrected chi connectivity index (χ1v) is 9.65. The molecule has 0 N–H and O–H groups in total. The number of hydrogen-bond acceptors (Lipinski definition) is 4. The van der Waals surface area contributed by atoms with E-state index in [-0.39, 0.29) is 0 Å². The van der Waals surface area contributed by atoms with Gasteiger partial charge in [-0.2, -0.15) is 0 Å². The van der Waals surface area contributed by atoms with Gasteiger partial charge in [-0.25, -0.2) is 0 Å². The quantitative estimate of drug-likeness (QED) is 0.608. The van der Waals surface area contributed by atoms with Crippen LogP contribution in [0.15, 0.2) is 59.8 Å². The molecule has 2 heterocycles. The molecule has 1 saturated heterocycles. The van der Waals surface area contributed by atoms with E-state index < -0.39 is 0 Å². The Kier molecular flexibility index (Phi) is 5.06. The molecular formula is C19H18ClN3OS. The summed E-state index contributed by atoms with van der Waals surface area (Å²) in [6.45, 7) is 1.71. The van der Waals surface area contributed by atoms with E-state index in [1.807, 2.05) is 42.5 Å². The number of thioether (sulfide) groups is 1. The normalized spacial score (nSPS) is 17.1. The molecule has 1 unspecified atom stereocenters. The maximum Gasteiger partial charge on any atom is 0.196 e. The van der Waals surface area contributed by atoms with Gasteiger partial charge >= 0.3 is 0 Å². The van der Waals surface area contributed by atoms with Crippen LogP contribution in [0, 0.1) is 5.92 Å². The highest BCUT2D eigenvalue weighted by Gasteiger charge is 2.20. The van der Waals surface area contributed by atoms with Crippen LogP contribution >= 0.6 is 23.4 Å². The largest absolute Gasteiger partial charge is 0.381 e. The van der Waals surface area contributed by atoms with E-state index in [0.717, 1.165) is 52.6 Å². The fraction of sp³-hybridized carbons (Fsp3) is 0.263. The Labute approximate surface area is 156 Å². The van der Waals surface area contributed by atoms with Gasteiger partial charge in [-0.05, 0) is 36.6 Å². The standard InChI is InChI=1S/C19H18ClN3OS/c20-16-6-8-17(9-7-16)23-18(15-4-2-1-3-5-15)21-22-19(23)25-13-14-10-11-24-12-14/h1-9,14H,10-13H2. The summed E-state index contributed by atoms with van der Waals surface area (Å²) < 4.78 is 7.58. The molecule has 4 rings (SSSR count). The first-order valence-electron chi connectivity index (χ1n) is 8.28. The van der Waals surface area contributed by atoms with Gasteiger partial charge in [0.25, 0.3) is 0 Å². The van der Waals surface area contributed by atoms with Crippen LogP contribution in [0.5, 0.6) is 0 Å². The zero-order valence-electron chi connectivity index (χ0n) is 13.6. The van der Waals surface area contributed by atoms with Crippen LogP contribution in [0.3, 0.4) is 0 Å². The molecule has 128 valence electrons. The average molecular weight is 372 g/mol. The van der Waals surface area contributed by atoms with Crippen molar-refractivity contribution in [3.05, 3.63) is 59.6 Å². The smallest absolute Gasteiger partial charge is 0.196 e. The molecule has 0 amide bonds. The fourth-order valence-corrected chi connectivity index (χ4v) is 4.06. The van der Waals surface area contributed by atoms with Crippen molar-refractivity contribution in [2.45, 2.75) is 11.6 Å².